The van der Waals surface area contributed by atoms with E-state index in [1.807, 2.05) is 18.2 Å². The van der Waals surface area contributed by atoms with Gasteiger partial charge in [-0.1, -0.05) is 51.1 Å². The van der Waals surface area contributed by atoms with Gasteiger partial charge in [-0.15, -0.1) is 6.58 Å². The molecule has 1 aliphatic heterocycles. The van der Waals surface area contributed by atoms with E-state index in [1.54, 1.807) is 0 Å². The van der Waals surface area contributed by atoms with E-state index in [9.17, 15) is 5.26 Å². The molecule has 34 heavy (non-hydrogen) atoms. The van der Waals surface area contributed by atoms with Crippen molar-refractivity contribution in [2.45, 2.75) is 70.9 Å². The van der Waals surface area contributed by atoms with Crippen molar-refractivity contribution in [2.75, 3.05) is 19.6 Å². The van der Waals surface area contributed by atoms with Crippen molar-refractivity contribution < 1.29 is 4.43 Å². The highest BCUT2D eigenvalue weighted by Crippen LogP contribution is 2.39. The van der Waals surface area contributed by atoms with Crippen molar-refractivity contribution in [3.05, 3.63) is 77.9 Å². The summed E-state index contributed by atoms with van der Waals surface area (Å²) in [6, 6.07) is 19.9. The molecule has 0 amide bonds. The molecular weight excluding hydrogens is 434 g/mol. The molecule has 0 spiro atoms. The Morgan fingerprint density at radius 1 is 1.09 bits per heavy atom. The average Bonchev–Trinajstić information content (AvgIpc) is 2.77. The molecule has 182 valence electrons. The molecule has 0 unspecified atom stereocenters. The molecule has 3 rings (SSSR count). The molecule has 0 saturated carbocycles. The quantitative estimate of drug-likeness (QED) is 0.333. The fourth-order valence-electron chi connectivity index (χ4n) is 4.52. The minimum Gasteiger partial charge on any atom is -0.543 e. The first-order valence-electron chi connectivity index (χ1n) is 12.4. The van der Waals surface area contributed by atoms with Gasteiger partial charge in [0.1, 0.15) is 5.75 Å². The van der Waals surface area contributed by atoms with Crippen LogP contribution >= 0.6 is 0 Å². The molecule has 1 fully saturated rings. The smallest absolute Gasteiger partial charge is 0.250 e. The van der Waals surface area contributed by atoms with Crippen molar-refractivity contribution in [1.82, 2.24) is 9.80 Å². The average molecular weight is 476 g/mol. The number of piperazine rings is 1. The topological polar surface area (TPSA) is 39.5 Å². The number of nitriles is 1. The summed E-state index contributed by atoms with van der Waals surface area (Å²) in [5, 5.41) is 9.45. The molecular formula is C29H41N3OSi. The molecule has 4 nitrogen and oxygen atoms in total. The van der Waals surface area contributed by atoms with Gasteiger partial charge in [-0.05, 0) is 67.4 Å². The van der Waals surface area contributed by atoms with Crippen LogP contribution < -0.4 is 4.43 Å². The van der Waals surface area contributed by atoms with Gasteiger partial charge in [-0.2, -0.15) is 5.26 Å². The number of hydrogen-bond acceptors (Lipinski definition) is 4. The Hall–Kier alpha value is -2.39. The Bertz CT molecular complexity index is 1020. The summed E-state index contributed by atoms with van der Waals surface area (Å²) in [6.45, 7) is 22.8. The Morgan fingerprint density at radius 2 is 1.76 bits per heavy atom. The largest absolute Gasteiger partial charge is 0.543 e. The van der Waals surface area contributed by atoms with E-state index in [4.69, 9.17) is 4.43 Å². The maximum absolute atomic E-state index is 9.31. The van der Waals surface area contributed by atoms with Gasteiger partial charge in [0.2, 0.25) is 8.32 Å². The monoisotopic (exact) mass is 475 g/mol. The molecule has 2 aromatic carbocycles. The highest BCUT2D eigenvalue weighted by atomic mass is 28.4. The Kier molecular flexibility index (Phi) is 8.08. The Labute approximate surface area is 208 Å². The molecule has 0 aliphatic carbocycles. The molecule has 1 saturated heterocycles. The highest BCUT2D eigenvalue weighted by molar-refractivity contribution is 6.74. The predicted molar refractivity (Wildman–Crippen MR) is 145 cm³/mol. The fraction of sp³-hybridized carbons (Fsp3) is 0.483. The van der Waals surface area contributed by atoms with E-state index >= 15 is 0 Å². The fourth-order valence-corrected chi connectivity index (χ4v) is 5.54. The molecule has 5 heteroatoms. The van der Waals surface area contributed by atoms with Crippen LogP contribution in [0.5, 0.6) is 5.75 Å². The van der Waals surface area contributed by atoms with Crippen LogP contribution in [0.25, 0.3) is 0 Å². The molecule has 0 bridgehead atoms. The normalized spacial score (nSPS) is 21.0. The number of nitrogens with zero attached hydrogens (tertiary/aromatic N) is 3. The summed E-state index contributed by atoms with van der Waals surface area (Å²) in [4.78, 5) is 5.11. The first-order valence-corrected chi connectivity index (χ1v) is 15.3. The van der Waals surface area contributed by atoms with E-state index in [-0.39, 0.29) is 11.1 Å². The third kappa shape index (κ3) is 5.80. The zero-order valence-corrected chi connectivity index (χ0v) is 23.0. The molecule has 0 N–H and O–H groups in total. The number of benzene rings is 2. The van der Waals surface area contributed by atoms with Gasteiger partial charge in [0.15, 0.2) is 0 Å². The molecule has 0 radical (unpaired) electrons. The third-order valence-corrected chi connectivity index (χ3v) is 11.9. The minimum atomic E-state index is -1.94. The van der Waals surface area contributed by atoms with Crippen LogP contribution in [-0.4, -0.2) is 49.8 Å². The lowest BCUT2D eigenvalue weighted by Crippen LogP contribution is -2.57. The van der Waals surface area contributed by atoms with Gasteiger partial charge in [0, 0.05) is 31.7 Å². The summed E-state index contributed by atoms with van der Waals surface area (Å²) in [5.74, 6) is 0.953. The van der Waals surface area contributed by atoms with Crippen molar-refractivity contribution >= 4 is 8.32 Å². The number of hydrogen-bond donors (Lipinski definition) is 0. The maximum atomic E-state index is 9.31. The van der Waals surface area contributed by atoms with E-state index in [0.29, 0.717) is 17.6 Å². The molecule has 1 aliphatic rings. The first kappa shape index (κ1) is 26.2. The maximum Gasteiger partial charge on any atom is 0.250 e. The highest BCUT2D eigenvalue weighted by Gasteiger charge is 2.39. The van der Waals surface area contributed by atoms with Crippen molar-refractivity contribution in [3.8, 4) is 11.8 Å². The van der Waals surface area contributed by atoms with Crippen molar-refractivity contribution in [1.29, 1.82) is 5.26 Å². The van der Waals surface area contributed by atoms with E-state index in [1.165, 1.54) is 11.1 Å². The van der Waals surface area contributed by atoms with Gasteiger partial charge < -0.3 is 4.43 Å². The molecule has 2 aromatic rings. The lowest BCUT2D eigenvalue weighted by atomic mass is 9.93. The van der Waals surface area contributed by atoms with Crippen molar-refractivity contribution in [2.24, 2.45) is 0 Å². The molecule has 3 atom stereocenters. The van der Waals surface area contributed by atoms with Gasteiger partial charge >= 0.3 is 0 Å². The summed E-state index contributed by atoms with van der Waals surface area (Å²) in [5.41, 5.74) is 3.13. The Balaban J connectivity index is 2.01. The Morgan fingerprint density at radius 3 is 2.35 bits per heavy atom. The summed E-state index contributed by atoms with van der Waals surface area (Å²) in [7, 11) is -1.94. The van der Waals surface area contributed by atoms with Crippen LogP contribution in [0.15, 0.2) is 61.2 Å². The van der Waals surface area contributed by atoms with Crippen LogP contribution in [-0.2, 0) is 0 Å². The first-order chi connectivity index (χ1) is 16.0. The van der Waals surface area contributed by atoms with Crippen LogP contribution in [0.1, 0.15) is 57.4 Å². The summed E-state index contributed by atoms with van der Waals surface area (Å²) < 4.78 is 6.67. The number of rotatable bonds is 7. The standard InChI is InChI=1S/C29H41N3OSi/c1-9-17-31-20-23(3)32(21-22(31)2)28(25-15-13-24(19-30)14-16-25)26-11-10-12-27(18-26)33-34(7,8)29(4,5)6/h9-16,18,22-23,28H,1,17,20-21H2,2-8H3/t22-,23+,28-/m1/s1. The van der Waals surface area contributed by atoms with Gasteiger partial charge in [-0.3, -0.25) is 9.80 Å². The minimum absolute atomic E-state index is 0.0963. The molecule has 0 aromatic heterocycles. The van der Waals surface area contributed by atoms with Gasteiger partial charge in [-0.25, -0.2) is 0 Å². The molecule has 1 heterocycles. The zero-order valence-electron chi connectivity index (χ0n) is 22.0. The SMILES string of the molecule is C=CCN1C[C@H](C)N([C@H](c2ccc(C#N)cc2)c2cccc(O[Si](C)(C)C(C)(C)C)c2)C[C@H]1C. The van der Waals surface area contributed by atoms with Gasteiger partial charge in [0.05, 0.1) is 17.7 Å². The zero-order chi connectivity index (χ0) is 25.1. The third-order valence-electron chi connectivity index (χ3n) is 7.57. The predicted octanol–water partition coefficient (Wildman–Crippen LogP) is 6.61. The lowest BCUT2D eigenvalue weighted by Gasteiger charge is -2.47. The summed E-state index contributed by atoms with van der Waals surface area (Å²) in [6.07, 6.45) is 2.00. The van der Waals surface area contributed by atoms with Crippen molar-refractivity contribution in [3.63, 3.8) is 0 Å². The summed E-state index contributed by atoms with van der Waals surface area (Å²) >= 11 is 0. The van der Waals surface area contributed by atoms with Crippen LogP contribution in [0.4, 0.5) is 0 Å². The van der Waals surface area contributed by atoms with E-state index in [2.05, 4.69) is 107 Å². The van der Waals surface area contributed by atoms with Crippen LogP contribution in [0, 0.1) is 11.3 Å². The lowest BCUT2D eigenvalue weighted by molar-refractivity contribution is 0.0306. The second-order valence-corrected chi connectivity index (χ2v) is 15.9. The second-order valence-electron chi connectivity index (χ2n) is 11.2. The van der Waals surface area contributed by atoms with Gasteiger partial charge in [0.25, 0.3) is 0 Å². The van der Waals surface area contributed by atoms with Crippen LogP contribution in [0.3, 0.4) is 0 Å². The van der Waals surface area contributed by atoms with Crippen LogP contribution in [0.2, 0.25) is 18.1 Å². The van der Waals surface area contributed by atoms with E-state index in [0.717, 1.165) is 25.4 Å². The van der Waals surface area contributed by atoms with E-state index < -0.39 is 8.32 Å². The second kappa shape index (κ2) is 10.5.